The number of amides is 2. The molecule has 0 aromatic heterocycles. The minimum atomic E-state index is -0.991. The van der Waals surface area contributed by atoms with Crippen molar-refractivity contribution in [3.63, 3.8) is 0 Å². The Morgan fingerprint density at radius 3 is 2.21 bits per heavy atom. The molecule has 0 saturated heterocycles. The lowest BCUT2D eigenvalue weighted by atomic mass is 10.2. The van der Waals surface area contributed by atoms with E-state index < -0.39 is 29.3 Å². The quantitative estimate of drug-likeness (QED) is 0.809. The van der Waals surface area contributed by atoms with Crippen LogP contribution in [-0.2, 0) is 0 Å². The van der Waals surface area contributed by atoms with Crippen LogP contribution in [0, 0.1) is 17.5 Å². The highest BCUT2D eigenvalue weighted by molar-refractivity contribution is 6.33. The van der Waals surface area contributed by atoms with Crippen LogP contribution < -0.4 is 10.6 Å². The van der Waals surface area contributed by atoms with Gasteiger partial charge in [-0.15, -0.1) is 0 Å². The molecule has 0 heterocycles. The van der Waals surface area contributed by atoms with Crippen molar-refractivity contribution in [2.45, 2.75) is 0 Å². The van der Waals surface area contributed by atoms with Crippen LogP contribution in [-0.4, -0.2) is 24.9 Å². The van der Waals surface area contributed by atoms with E-state index in [1.165, 1.54) is 12.1 Å². The van der Waals surface area contributed by atoms with Gasteiger partial charge in [0.05, 0.1) is 16.1 Å². The average Bonchev–Trinajstić information content (AvgIpc) is 2.51. The first kappa shape index (κ1) is 17.8. The third-order valence-corrected chi connectivity index (χ3v) is 3.38. The third kappa shape index (κ3) is 4.26. The molecule has 0 aliphatic rings. The molecule has 2 amide bonds. The van der Waals surface area contributed by atoms with Gasteiger partial charge in [0.1, 0.15) is 17.5 Å². The molecule has 0 aliphatic heterocycles. The van der Waals surface area contributed by atoms with Crippen LogP contribution in [0.5, 0.6) is 0 Å². The molecule has 2 aromatic rings. The van der Waals surface area contributed by atoms with Gasteiger partial charge >= 0.3 is 0 Å². The average molecular weight is 357 g/mol. The van der Waals surface area contributed by atoms with Crippen molar-refractivity contribution in [1.29, 1.82) is 0 Å². The van der Waals surface area contributed by atoms with E-state index >= 15 is 0 Å². The molecule has 8 heteroatoms. The molecule has 126 valence electrons. The summed E-state index contributed by atoms with van der Waals surface area (Å²) in [5.41, 5.74) is -0.616. The van der Waals surface area contributed by atoms with Crippen molar-refractivity contribution in [2.24, 2.45) is 0 Å². The number of nitrogens with one attached hydrogen (secondary N) is 2. The van der Waals surface area contributed by atoms with Gasteiger partial charge in [-0.05, 0) is 24.3 Å². The fourth-order valence-electron chi connectivity index (χ4n) is 1.92. The number of benzene rings is 2. The highest BCUT2D eigenvalue weighted by Gasteiger charge is 2.15. The summed E-state index contributed by atoms with van der Waals surface area (Å²) in [5, 5.41) is 4.69. The minimum absolute atomic E-state index is 0.0297. The molecule has 2 N–H and O–H groups in total. The third-order valence-electron chi connectivity index (χ3n) is 3.06. The summed E-state index contributed by atoms with van der Waals surface area (Å²) in [4.78, 5) is 23.6. The maximum Gasteiger partial charge on any atom is 0.255 e. The van der Waals surface area contributed by atoms with Crippen molar-refractivity contribution in [3.05, 3.63) is 70.0 Å². The van der Waals surface area contributed by atoms with Gasteiger partial charge in [-0.1, -0.05) is 17.7 Å². The lowest BCUT2D eigenvalue weighted by molar-refractivity contribution is 0.0923. The van der Waals surface area contributed by atoms with E-state index in [-0.39, 0.29) is 29.2 Å². The Hall–Kier alpha value is -2.54. The zero-order valence-electron chi connectivity index (χ0n) is 12.2. The Balaban J connectivity index is 1.86. The summed E-state index contributed by atoms with van der Waals surface area (Å²) in [6.07, 6.45) is 0. The van der Waals surface area contributed by atoms with Gasteiger partial charge in [0, 0.05) is 19.2 Å². The van der Waals surface area contributed by atoms with E-state index in [1.807, 2.05) is 0 Å². The summed E-state index contributed by atoms with van der Waals surface area (Å²) >= 11 is 5.75. The molecule has 2 rings (SSSR count). The summed E-state index contributed by atoms with van der Waals surface area (Å²) in [5.74, 6) is -4.05. The van der Waals surface area contributed by atoms with E-state index in [1.54, 1.807) is 0 Å². The van der Waals surface area contributed by atoms with Crippen LogP contribution >= 0.6 is 11.6 Å². The first-order valence-corrected chi connectivity index (χ1v) is 7.23. The van der Waals surface area contributed by atoms with Crippen molar-refractivity contribution < 1.29 is 22.8 Å². The molecule has 0 radical (unpaired) electrons. The SMILES string of the molecule is O=C(NCCNC(=O)c1c(F)cccc1Cl)c1ccc(F)cc1F. The van der Waals surface area contributed by atoms with E-state index in [9.17, 15) is 22.8 Å². The Bertz CT molecular complexity index is 764. The smallest absolute Gasteiger partial charge is 0.255 e. The number of hydrogen-bond acceptors (Lipinski definition) is 2. The first-order chi connectivity index (χ1) is 11.4. The van der Waals surface area contributed by atoms with Gasteiger partial charge in [0.2, 0.25) is 0 Å². The van der Waals surface area contributed by atoms with Gasteiger partial charge < -0.3 is 10.6 Å². The predicted molar refractivity (Wildman–Crippen MR) is 82.4 cm³/mol. The van der Waals surface area contributed by atoms with Crippen molar-refractivity contribution in [1.82, 2.24) is 10.6 Å². The largest absolute Gasteiger partial charge is 0.350 e. The molecule has 24 heavy (non-hydrogen) atoms. The molecular formula is C16H12ClF3N2O2. The van der Waals surface area contributed by atoms with Crippen LogP contribution in [0.2, 0.25) is 5.02 Å². The number of halogens is 4. The second-order valence-electron chi connectivity index (χ2n) is 4.73. The number of carbonyl (C=O) groups is 2. The molecule has 0 bridgehead atoms. The summed E-state index contributed by atoms with van der Waals surface area (Å²) < 4.78 is 39.7. The Morgan fingerprint density at radius 1 is 0.917 bits per heavy atom. The molecule has 0 unspecified atom stereocenters. The molecule has 0 aliphatic carbocycles. The highest BCUT2D eigenvalue weighted by atomic mass is 35.5. The van der Waals surface area contributed by atoms with Crippen LogP contribution in [0.1, 0.15) is 20.7 Å². The zero-order chi connectivity index (χ0) is 17.7. The lowest BCUT2D eigenvalue weighted by Gasteiger charge is -2.09. The summed E-state index contributed by atoms with van der Waals surface area (Å²) in [7, 11) is 0. The van der Waals surface area contributed by atoms with Crippen LogP contribution in [0.4, 0.5) is 13.2 Å². The molecule has 4 nitrogen and oxygen atoms in total. The maximum atomic E-state index is 13.5. The first-order valence-electron chi connectivity index (χ1n) is 6.85. The van der Waals surface area contributed by atoms with Crippen LogP contribution in [0.15, 0.2) is 36.4 Å². The molecular weight excluding hydrogens is 345 g/mol. The fourth-order valence-corrected chi connectivity index (χ4v) is 2.17. The standard InChI is InChI=1S/C16H12ClF3N2O2/c17-11-2-1-3-12(19)14(11)16(24)22-7-6-21-15(23)10-5-4-9(18)8-13(10)20/h1-5,8H,6-7H2,(H,21,23)(H,22,24). The monoisotopic (exact) mass is 356 g/mol. The number of rotatable bonds is 5. The summed E-state index contributed by atoms with van der Waals surface area (Å²) in [6.45, 7) is -0.0640. The van der Waals surface area contributed by atoms with E-state index in [2.05, 4.69) is 10.6 Å². The molecule has 2 aromatic carbocycles. The second kappa shape index (κ2) is 7.83. The number of hydrogen-bond donors (Lipinski definition) is 2. The van der Waals surface area contributed by atoms with Crippen LogP contribution in [0.3, 0.4) is 0 Å². The van der Waals surface area contributed by atoms with Gasteiger partial charge in [-0.25, -0.2) is 13.2 Å². The van der Waals surface area contributed by atoms with Crippen molar-refractivity contribution in [2.75, 3.05) is 13.1 Å². The van der Waals surface area contributed by atoms with Gasteiger partial charge in [0.25, 0.3) is 11.8 Å². The Morgan fingerprint density at radius 2 is 1.58 bits per heavy atom. The molecule has 0 atom stereocenters. The van der Waals surface area contributed by atoms with E-state index in [0.29, 0.717) is 6.07 Å². The van der Waals surface area contributed by atoms with E-state index in [0.717, 1.165) is 18.2 Å². The molecule has 0 fully saturated rings. The summed E-state index contributed by atoms with van der Waals surface area (Å²) in [6, 6.07) is 6.40. The molecule has 0 saturated carbocycles. The Labute approximate surface area is 140 Å². The maximum absolute atomic E-state index is 13.5. The van der Waals surface area contributed by atoms with Crippen molar-refractivity contribution in [3.8, 4) is 0 Å². The van der Waals surface area contributed by atoms with Gasteiger partial charge in [-0.3, -0.25) is 9.59 Å². The minimum Gasteiger partial charge on any atom is -0.350 e. The fraction of sp³-hybridized carbons (Fsp3) is 0.125. The predicted octanol–water partition coefficient (Wildman–Crippen LogP) is 2.92. The normalized spacial score (nSPS) is 10.3. The second-order valence-corrected chi connectivity index (χ2v) is 5.14. The molecule has 0 spiro atoms. The Kier molecular flexibility index (Phi) is 5.81. The topological polar surface area (TPSA) is 58.2 Å². The van der Waals surface area contributed by atoms with Crippen molar-refractivity contribution >= 4 is 23.4 Å². The zero-order valence-corrected chi connectivity index (χ0v) is 13.0. The number of carbonyl (C=O) groups excluding carboxylic acids is 2. The van der Waals surface area contributed by atoms with E-state index in [4.69, 9.17) is 11.6 Å². The van der Waals surface area contributed by atoms with Gasteiger partial charge in [0.15, 0.2) is 0 Å². The van der Waals surface area contributed by atoms with Gasteiger partial charge in [-0.2, -0.15) is 0 Å². The van der Waals surface area contributed by atoms with Crippen LogP contribution in [0.25, 0.3) is 0 Å². The lowest BCUT2D eigenvalue weighted by Crippen LogP contribution is -2.35. The highest BCUT2D eigenvalue weighted by Crippen LogP contribution is 2.18.